The van der Waals surface area contributed by atoms with Crippen molar-refractivity contribution >= 4 is 46.9 Å². The molecule has 2 unspecified atom stereocenters. The maximum atomic E-state index is 13.6. The number of methoxy groups -OCH3 is 2. The monoisotopic (exact) mass is 514 g/mol. The van der Waals surface area contributed by atoms with Crippen LogP contribution in [0.5, 0.6) is 0 Å². The number of allylic oxidation sites excluding steroid dienone is 2. The van der Waals surface area contributed by atoms with Crippen LogP contribution in [0, 0.1) is 35.5 Å². The number of rotatable bonds is 4. The summed E-state index contributed by atoms with van der Waals surface area (Å²) in [5, 5.41) is 0. The number of carbonyl (C=O) groups is 6. The Morgan fingerprint density at radius 2 is 0.842 bits per heavy atom. The molecule has 4 amide bonds. The topological polar surface area (TPSA) is 127 Å². The summed E-state index contributed by atoms with van der Waals surface area (Å²) in [4.78, 5) is 80.1. The van der Waals surface area contributed by atoms with E-state index in [1.807, 2.05) is 0 Å². The molecule has 7 rings (SSSR count). The molecule has 38 heavy (non-hydrogen) atoms. The second-order valence-corrected chi connectivity index (χ2v) is 9.74. The van der Waals surface area contributed by atoms with Gasteiger partial charge in [-0.25, -0.2) is 9.59 Å². The number of carbonyl (C=O) groups excluding carboxylic acids is 6. The highest BCUT2D eigenvalue weighted by Gasteiger charge is 2.68. The van der Waals surface area contributed by atoms with Crippen LogP contribution >= 0.6 is 0 Å². The van der Waals surface area contributed by atoms with Crippen molar-refractivity contribution in [1.82, 2.24) is 0 Å². The van der Waals surface area contributed by atoms with Crippen LogP contribution in [-0.4, -0.2) is 49.8 Å². The minimum absolute atomic E-state index is 0.278. The maximum absolute atomic E-state index is 13.6. The van der Waals surface area contributed by atoms with Gasteiger partial charge in [0.2, 0.25) is 23.6 Å². The number of anilines is 2. The smallest absolute Gasteiger partial charge is 0.337 e. The van der Waals surface area contributed by atoms with Gasteiger partial charge < -0.3 is 9.47 Å². The zero-order valence-corrected chi connectivity index (χ0v) is 20.4. The van der Waals surface area contributed by atoms with Crippen LogP contribution in [0.2, 0.25) is 0 Å². The zero-order chi connectivity index (χ0) is 26.9. The third-order valence-electron chi connectivity index (χ3n) is 8.10. The highest BCUT2D eigenvalue weighted by molar-refractivity contribution is 6.26. The maximum Gasteiger partial charge on any atom is 0.337 e. The number of hydrogen-bond donors (Lipinski definition) is 0. The van der Waals surface area contributed by atoms with E-state index in [2.05, 4.69) is 0 Å². The predicted molar refractivity (Wildman–Crippen MR) is 131 cm³/mol. The molecule has 0 spiro atoms. The molecule has 2 aromatic carbocycles. The van der Waals surface area contributed by atoms with Crippen LogP contribution in [0.15, 0.2) is 60.7 Å². The minimum atomic E-state index is -0.766. The van der Waals surface area contributed by atoms with Crippen molar-refractivity contribution in [3.8, 4) is 0 Å². The minimum Gasteiger partial charge on any atom is -0.465 e. The Bertz CT molecular complexity index is 1290. The Kier molecular flexibility index (Phi) is 5.30. The Hall–Kier alpha value is -4.60. The van der Waals surface area contributed by atoms with Crippen LogP contribution in [0.25, 0.3) is 0 Å². The van der Waals surface area contributed by atoms with E-state index in [1.54, 1.807) is 12.2 Å². The molecule has 0 N–H and O–H groups in total. The van der Waals surface area contributed by atoms with Gasteiger partial charge in [-0.3, -0.25) is 29.0 Å². The van der Waals surface area contributed by atoms with Crippen LogP contribution in [0.1, 0.15) is 20.7 Å². The molecule has 2 aliphatic heterocycles. The number of hydrogen-bond acceptors (Lipinski definition) is 8. The van der Waals surface area contributed by atoms with Crippen molar-refractivity contribution in [1.29, 1.82) is 0 Å². The largest absolute Gasteiger partial charge is 0.465 e. The second kappa shape index (κ2) is 8.47. The Morgan fingerprint density at radius 3 is 1.11 bits per heavy atom. The number of nitrogens with zero attached hydrogens (tertiary/aromatic N) is 2. The van der Waals surface area contributed by atoms with Gasteiger partial charge in [-0.2, -0.15) is 0 Å². The standard InChI is InChI=1S/C28H22N2O8/c1-37-27(35)13-3-7-15(8-4-13)29-23(31)19-17-11-12-18(20(19)24(29)32)22-21(17)25(33)30(26(22)34)16-9-5-14(6-10-16)28(36)38-2/h3-12,17-22H,1-2H3/t17?,18?,19-,20-,21-,22+/m0/s1. The van der Waals surface area contributed by atoms with Gasteiger partial charge in [-0.15, -0.1) is 0 Å². The van der Waals surface area contributed by atoms with E-state index >= 15 is 0 Å². The zero-order valence-electron chi connectivity index (χ0n) is 20.4. The lowest BCUT2D eigenvalue weighted by Crippen LogP contribution is -2.50. The van der Waals surface area contributed by atoms with Gasteiger partial charge in [0.15, 0.2) is 0 Å². The van der Waals surface area contributed by atoms with Crippen molar-refractivity contribution in [2.75, 3.05) is 24.0 Å². The molecule has 0 aromatic heterocycles. The Morgan fingerprint density at radius 1 is 0.553 bits per heavy atom. The molecule has 3 aliphatic carbocycles. The highest BCUT2D eigenvalue weighted by atomic mass is 16.5. The van der Waals surface area contributed by atoms with Crippen LogP contribution < -0.4 is 9.80 Å². The van der Waals surface area contributed by atoms with Gasteiger partial charge in [-0.05, 0) is 48.5 Å². The summed E-state index contributed by atoms with van der Waals surface area (Å²) in [7, 11) is 2.52. The van der Waals surface area contributed by atoms with E-state index in [0.29, 0.717) is 11.4 Å². The lowest BCUT2D eigenvalue weighted by atomic mass is 9.54. The second-order valence-electron chi connectivity index (χ2n) is 9.74. The van der Waals surface area contributed by atoms with E-state index in [4.69, 9.17) is 9.47 Å². The van der Waals surface area contributed by atoms with Crippen molar-refractivity contribution < 1.29 is 38.2 Å². The fourth-order valence-electron chi connectivity index (χ4n) is 6.46. The van der Waals surface area contributed by atoms with Gasteiger partial charge >= 0.3 is 11.9 Å². The summed E-state index contributed by atoms with van der Waals surface area (Å²) in [6, 6.07) is 11.9. The number of benzene rings is 2. The predicted octanol–water partition coefficient (Wildman–Crippen LogP) is 1.99. The van der Waals surface area contributed by atoms with Gasteiger partial charge in [0.25, 0.3) is 0 Å². The third-order valence-corrected chi connectivity index (χ3v) is 8.10. The highest BCUT2D eigenvalue weighted by Crippen LogP contribution is 2.58. The number of esters is 2. The van der Waals surface area contributed by atoms with E-state index in [9.17, 15) is 28.8 Å². The van der Waals surface area contributed by atoms with Gasteiger partial charge in [-0.1, -0.05) is 12.2 Å². The fraction of sp³-hybridized carbons (Fsp3) is 0.286. The lowest BCUT2D eigenvalue weighted by molar-refractivity contribution is -0.137. The Labute approximate surface area is 216 Å². The molecule has 2 bridgehead atoms. The summed E-state index contributed by atoms with van der Waals surface area (Å²) in [6.07, 6.45) is 3.58. The molecule has 6 atom stereocenters. The SMILES string of the molecule is COC(=O)c1ccc(N2C(=O)[C@@H]3C4C=CC([C@@H]3C2=O)[C@@H]2C(=O)N(c3ccc(C(=O)OC)cc3)C(=O)[C@@H]42)cc1. The van der Waals surface area contributed by atoms with Crippen molar-refractivity contribution in [3.63, 3.8) is 0 Å². The summed E-state index contributed by atoms with van der Waals surface area (Å²) in [6.45, 7) is 0. The number of imide groups is 2. The quantitative estimate of drug-likeness (QED) is 0.344. The molecule has 2 aromatic rings. The Balaban J connectivity index is 1.31. The first-order valence-electron chi connectivity index (χ1n) is 12.1. The molecule has 0 radical (unpaired) electrons. The number of amides is 4. The average Bonchev–Trinajstić information content (AvgIpc) is 3.39. The van der Waals surface area contributed by atoms with Gasteiger partial charge in [0.05, 0.1) is 60.4 Å². The van der Waals surface area contributed by atoms with E-state index < -0.39 is 71.1 Å². The summed E-state index contributed by atoms with van der Waals surface area (Å²) in [5.41, 5.74) is 1.19. The van der Waals surface area contributed by atoms with E-state index in [0.717, 1.165) is 9.80 Å². The van der Waals surface area contributed by atoms with Crippen molar-refractivity contribution in [3.05, 3.63) is 71.8 Å². The fourth-order valence-corrected chi connectivity index (χ4v) is 6.46. The first-order chi connectivity index (χ1) is 18.3. The molecule has 10 heteroatoms. The average molecular weight is 514 g/mol. The van der Waals surface area contributed by atoms with E-state index in [-0.39, 0.29) is 11.1 Å². The molecule has 5 aliphatic rings. The van der Waals surface area contributed by atoms with Crippen LogP contribution in [-0.2, 0) is 28.7 Å². The molecule has 10 nitrogen and oxygen atoms in total. The summed E-state index contributed by atoms with van der Waals surface area (Å²) in [5.74, 6) is -7.07. The normalized spacial score (nSPS) is 29.0. The molecule has 1 saturated carbocycles. The third kappa shape index (κ3) is 3.12. The first-order valence-corrected chi connectivity index (χ1v) is 12.1. The van der Waals surface area contributed by atoms with Gasteiger partial charge in [0.1, 0.15) is 0 Å². The summed E-state index contributed by atoms with van der Waals surface area (Å²) >= 11 is 0. The molecule has 2 heterocycles. The van der Waals surface area contributed by atoms with Crippen molar-refractivity contribution in [2.24, 2.45) is 35.5 Å². The molecule has 3 fully saturated rings. The van der Waals surface area contributed by atoms with Crippen LogP contribution in [0.3, 0.4) is 0 Å². The van der Waals surface area contributed by atoms with E-state index in [1.165, 1.54) is 62.8 Å². The molecular weight excluding hydrogens is 492 g/mol. The first kappa shape index (κ1) is 23.8. The number of ether oxygens (including phenoxy) is 2. The molecule has 192 valence electrons. The molecular formula is C28H22N2O8. The van der Waals surface area contributed by atoms with Crippen LogP contribution in [0.4, 0.5) is 11.4 Å². The van der Waals surface area contributed by atoms with Gasteiger partial charge in [0, 0.05) is 11.8 Å². The lowest BCUT2D eigenvalue weighted by Gasteiger charge is -2.44. The van der Waals surface area contributed by atoms with Crippen molar-refractivity contribution in [2.45, 2.75) is 0 Å². The summed E-state index contributed by atoms with van der Waals surface area (Å²) < 4.78 is 9.40. The molecule has 2 saturated heterocycles.